The molecule has 5 aromatic rings. The van der Waals surface area contributed by atoms with Crippen molar-refractivity contribution in [1.29, 1.82) is 0 Å². The number of carbonyl (C=O) groups excluding carboxylic acids is 1. The van der Waals surface area contributed by atoms with Crippen LogP contribution in [0.4, 0.5) is 13.2 Å². The quantitative estimate of drug-likeness (QED) is 0.377. The number of aromatic nitrogens is 1. The molecular weight excluding hydrogens is 417 g/mol. The molecule has 0 atom stereocenters. The number of alkyl halides is 3. The Hall–Kier alpha value is -4.00. The zero-order chi connectivity index (χ0) is 22.5. The van der Waals surface area contributed by atoms with E-state index in [4.69, 9.17) is 10.2 Å². The van der Waals surface area contributed by atoms with Crippen molar-refractivity contribution in [2.75, 3.05) is 0 Å². The third kappa shape index (κ3) is 3.32. The molecule has 1 radical (unpaired) electrons. The number of nitrogens with zero attached hydrogens (tertiary/aromatic N) is 1. The summed E-state index contributed by atoms with van der Waals surface area (Å²) in [6.07, 6.45) is -2.82. The topological polar surface area (TPSA) is 61.2 Å². The summed E-state index contributed by atoms with van der Waals surface area (Å²) in [5.41, 5.74) is 8.26. The van der Waals surface area contributed by atoms with Crippen LogP contribution >= 0.6 is 0 Å². The highest BCUT2D eigenvalue weighted by atomic mass is 19.4. The molecule has 159 valence electrons. The molecule has 0 saturated carbocycles. The minimum Gasteiger partial charge on any atom is -0.464 e. The molecule has 32 heavy (non-hydrogen) atoms. The van der Waals surface area contributed by atoms with Gasteiger partial charge in [-0.1, -0.05) is 18.2 Å². The van der Waals surface area contributed by atoms with Crippen molar-refractivity contribution in [1.82, 2.24) is 4.57 Å². The molecule has 2 N–H and O–H groups in total. The van der Waals surface area contributed by atoms with E-state index in [1.54, 1.807) is 30.5 Å². The molecule has 0 saturated heterocycles. The van der Waals surface area contributed by atoms with E-state index in [1.165, 1.54) is 12.1 Å². The Morgan fingerprint density at radius 3 is 2.47 bits per heavy atom. The summed E-state index contributed by atoms with van der Waals surface area (Å²) in [5, 5.41) is 1.37. The Kier molecular flexibility index (Phi) is 4.55. The lowest BCUT2D eigenvalue weighted by Gasteiger charge is -2.11. The second kappa shape index (κ2) is 7.30. The zero-order valence-corrected chi connectivity index (χ0v) is 16.6. The molecule has 7 heteroatoms. The van der Waals surface area contributed by atoms with Gasteiger partial charge in [-0.05, 0) is 60.2 Å². The lowest BCUT2D eigenvalue weighted by atomic mass is 10.0. The van der Waals surface area contributed by atoms with Crippen LogP contribution in [0.3, 0.4) is 0 Å². The number of hydrogen-bond donors (Lipinski definition) is 1. The predicted octanol–water partition coefficient (Wildman–Crippen LogP) is 6.02. The number of nitrogens with two attached hydrogens (primary N) is 1. The van der Waals surface area contributed by atoms with Gasteiger partial charge < -0.3 is 14.7 Å². The molecule has 2 aromatic heterocycles. The number of carbonyl (C=O) groups is 1. The average molecular weight is 433 g/mol. The van der Waals surface area contributed by atoms with E-state index in [1.807, 2.05) is 22.8 Å². The van der Waals surface area contributed by atoms with Gasteiger partial charge in [-0.15, -0.1) is 0 Å². The Morgan fingerprint density at radius 2 is 1.81 bits per heavy atom. The van der Waals surface area contributed by atoms with Crippen molar-refractivity contribution in [3.63, 3.8) is 0 Å². The molecule has 0 bridgehead atoms. The first-order valence-corrected chi connectivity index (χ1v) is 9.79. The van der Waals surface area contributed by atoms with E-state index in [-0.39, 0.29) is 0 Å². The van der Waals surface area contributed by atoms with Crippen molar-refractivity contribution < 1.29 is 22.4 Å². The van der Waals surface area contributed by atoms with Crippen molar-refractivity contribution in [3.05, 3.63) is 95.7 Å². The third-order valence-electron chi connectivity index (χ3n) is 5.49. The van der Waals surface area contributed by atoms with Gasteiger partial charge in [0, 0.05) is 28.4 Å². The fourth-order valence-electron chi connectivity index (χ4n) is 4.00. The number of benzene rings is 3. The summed E-state index contributed by atoms with van der Waals surface area (Å²) in [5.74, 6) is 0.0947. The van der Waals surface area contributed by atoms with Crippen LogP contribution in [0, 0.1) is 6.07 Å². The SMILES string of the molecule is NC(=O)c1cccc2c1c1[c]cc(-c3ccco3)cc1n2Cc1ccc(C(F)(F)F)cc1. The smallest absolute Gasteiger partial charge is 0.416 e. The van der Waals surface area contributed by atoms with Crippen LogP contribution in [0.5, 0.6) is 0 Å². The lowest BCUT2D eigenvalue weighted by molar-refractivity contribution is -0.137. The number of furan rings is 1. The van der Waals surface area contributed by atoms with Crippen molar-refractivity contribution in [3.8, 4) is 11.3 Å². The Labute approximate surface area is 180 Å². The van der Waals surface area contributed by atoms with Gasteiger partial charge in [0.1, 0.15) is 5.76 Å². The average Bonchev–Trinajstić information content (AvgIpc) is 3.40. The highest BCUT2D eigenvalue weighted by Gasteiger charge is 2.30. The van der Waals surface area contributed by atoms with Crippen LogP contribution in [0.2, 0.25) is 0 Å². The number of hydrogen-bond acceptors (Lipinski definition) is 2. The summed E-state index contributed by atoms with van der Waals surface area (Å²) in [4.78, 5) is 12.1. The maximum atomic E-state index is 13.0. The zero-order valence-electron chi connectivity index (χ0n) is 16.6. The fraction of sp³-hybridized carbons (Fsp3) is 0.0800. The Morgan fingerprint density at radius 1 is 1.03 bits per heavy atom. The molecule has 0 unspecified atom stereocenters. The summed E-state index contributed by atoms with van der Waals surface area (Å²) >= 11 is 0. The lowest BCUT2D eigenvalue weighted by Crippen LogP contribution is -2.11. The van der Waals surface area contributed by atoms with E-state index in [0.29, 0.717) is 34.2 Å². The molecule has 0 aliphatic rings. The second-order valence-electron chi connectivity index (χ2n) is 7.47. The molecule has 4 nitrogen and oxygen atoms in total. The number of amides is 1. The fourth-order valence-corrected chi connectivity index (χ4v) is 4.00. The molecule has 2 heterocycles. The molecular formula is C25H16F3N2O2. The van der Waals surface area contributed by atoms with Gasteiger partial charge >= 0.3 is 6.18 Å². The number of rotatable bonds is 4. The van der Waals surface area contributed by atoms with E-state index >= 15 is 0 Å². The van der Waals surface area contributed by atoms with Gasteiger partial charge in [0.15, 0.2) is 0 Å². The monoisotopic (exact) mass is 433 g/mol. The second-order valence-corrected chi connectivity index (χ2v) is 7.47. The molecule has 0 fully saturated rings. The number of halogens is 3. The van der Waals surface area contributed by atoms with Crippen LogP contribution in [-0.2, 0) is 12.7 Å². The summed E-state index contributed by atoms with van der Waals surface area (Å²) < 4.78 is 46.3. The molecule has 3 aromatic carbocycles. The first-order chi connectivity index (χ1) is 15.3. The molecule has 0 aliphatic carbocycles. The number of primary amides is 1. The third-order valence-corrected chi connectivity index (χ3v) is 5.49. The van der Waals surface area contributed by atoms with Gasteiger partial charge in [0.2, 0.25) is 5.91 Å². The van der Waals surface area contributed by atoms with Crippen LogP contribution in [0.15, 0.2) is 77.4 Å². The van der Waals surface area contributed by atoms with Crippen LogP contribution in [0.25, 0.3) is 33.1 Å². The standard InChI is InChI=1S/C25H16F3N2O2/c26-25(27,28)17-9-6-15(7-10-17)14-30-20-4-1-3-19(24(29)31)23(20)18-11-8-16(13-21(18)30)22-5-2-12-32-22/h1-10,12-13H,14H2,(H2,29,31). The Bertz CT molecular complexity index is 1450. The van der Waals surface area contributed by atoms with Crippen molar-refractivity contribution >= 4 is 27.7 Å². The van der Waals surface area contributed by atoms with Crippen LogP contribution in [-0.4, -0.2) is 10.5 Å². The van der Waals surface area contributed by atoms with E-state index < -0.39 is 17.6 Å². The summed E-state index contributed by atoms with van der Waals surface area (Å²) in [6, 6.07) is 20.8. The van der Waals surface area contributed by atoms with Gasteiger partial charge in [0.05, 0.1) is 22.9 Å². The molecule has 1 amide bonds. The van der Waals surface area contributed by atoms with Crippen LogP contribution in [0.1, 0.15) is 21.5 Å². The minimum atomic E-state index is -4.39. The van der Waals surface area contributed by atoms with E-state index in [0.717, 1.165) is 28.7 Å². The normalized spacial score (nSPS) is 12.0. The van der Waals surface area contributed by atoms with Gasteiger partial charge in [-0.25, -0.2) is 0 Å². The number of fused-ring (bicyclic) bond motifs is 3. The van der Waals surface area contributed by atoms with Crippen molar-refractivity contribution in [2.24, 2.45) is 5.73 Å². The highest BCUT2D eigenvalue weighted by Crippen LogP contribution is 2.35. The predicted molar refractivity (Wildman–Crippen MR) is 115 cm³/mol. The highest BCUT2D eigenvalue weighted by molar-refractivity contribution is 6.18. The first kappa shape index (κ1) is 19.9. The summed E-state index contributed by atoms with van der Waals surface area (Å²) in [6.45, 7) is 0.301. The largest absolute Gasteiger partial charge is 0.464 e. The minimum absolute atomic E-state index is 0.301. The molecule has 0 spiro atoms. The molecule has 5 rings (SSSR count). The van der Waals surface area contributed by atoms with Crippen LogP contribution < -0.4 is 5.73 Å². The van der Waals surface area contributed by atoms with Gasteiger partial charge in [-0.2, -0.15) is 13.2 Å². The van der Waals surface area contributed by atoms with E-state index in [9.17, 15) is 18.0 Å². The first-order valence-electron chi connectivity index (χ1n) is 9.79. The van der Waals surface area contributed by atoms with Gasteiger partial charge in [-0.3, -0.25) is 4.79 Å². The maximum absolute atomic E-state index is 13.0. The Balaban J connectivity index is 1.72. The maximum Gasteiger partial charge on any atom is 0.416 e. The summed E-state index contributed by atoms with van der Waals surface area (Å²) in [7, 11) is 0. The van der Waals surface area contributed by atoms with Crippen molar-refractivity contribution in [2.45, 2.75) is 12.7 Å². The van der Waals surface area contributed by atoms with E-state index in [2.05, 4.69) is 6.07 Å². The van der Waals surface area contributed by atoms with Gasteiger partial charge in [0.25, 0.3) is 0 Å². The molecule has 0 aliphatic heterocycles.